The molecule has 1 amide bonds. The molecule has 42 heteroatoms. The number of aldehydes is 2. The number of ether oxygens (including phenoxy) is 17. The number of aliphatic hydroxyl groups excluding tert-OH is 4. The van der Waals surface area contributed by atoms with Gasteiger partial charge in [-0.15, -0.1) is 0 Å². The van der Waals surface area contributed by atoms with Gasteiger partial charge in [-0.05, 0) is 183 Å². The molecule has 7 fully saturated rings. The largest absolute Gasteiger partial charge is 0.499 e. The van der Waals surface area contributed by atoms with Crippen LogP contribution in [-0.2, 0) is 94.5 Å². The summed E-state index contributed by atoms with van der Waals surface area (Å²) in [6.45, 7) is 43.7. The number of carbonyl (C=O) groups excluding carboxylic acids is 3. The van der Waals surface area contributed by atoms with Crippen LogP contribution < -0.4 is 40.7 Å². The van der Waals surface area contributed by atoms with Crippen LogP contribution in [0.15, 0.2) is 77.3 Å². The molecule has 37 nitrogen and oxygen atoms in total. The first kappa shape index (κ1) is 111. The molecule has 13 rings (SSSR count). The molecule has 9 heterocycles. The molecular formula is C88H136B3BrN2O35S. The minimum absolute atomic E-state index is 0.0160. The number of hydrogen-bond acceptors (Lipinski definition) is 35. The quantitative estimate of drug-likeness (QED) is 0.0107. The van der Waals surface area contributed by atoms with Crippen molar-refractivity contribution in [3.63, 3.8) is 0 Å². The maximum atomic E-state index is 11.9. The van der Waals surface area contributed by atoms with Gasteiger partial charge < -0.3 is 135 Å². The van der Waals surface area contributed by atoms with Crippen molar-refractivity contribution in [1.29, 1.82) is 0 Å². The number of halogens is 1. The van der Waals surface area contributed by atoms with Crippen molar-refractivity contribution in [2.75, 3.05) is 158 Å². The molecule has 4 aromatic carbocycles. The number of alkyl carbamates (subject to hydrolysis) is 1. The van der Waals surface area contributed by atoms with Crippen molar-refractivity contribution in [1.82, 2.24) is 5.32 Å². The molecule has 7 saturated heterocycles. The van der Waals surface area contributed by atoms with E-state index in [1.54, 1.807) is 69.3 Å². The first-order valence-electron chi connectivity index (χ1n) is 43.4. The Morgan fingerprint density at radius 1 is 0.492 bits per heavy atom. The zero-order valence-electron chi connectivity index (χ0n) is 78.5. The number of nitro groups is 1. The third-order valence-electron chi connectivity index (χ3n) is 21.4. The molecule has 9 aliphatic rings. The molecule has 730 valence electrons. The average molecular weight is 1930 g/mol. The first-order valence-corrected chi connectivity index (χ1v) is 46.0. The average Bonchev–Trinajstić information content (AvgIpc) is 1.61. The minimum Gasteiger partial charge on any atom is -0.493 e. The van der Waals surface area contributed by atoms with Gasteiger partial charge in [-0.1, -0.05) is 48.5 Å². The Morgan fingerprint density at radius 2 is 0.800 bits per heavy atom. The fraction of sp³-hybridized carbons (Fsp3) is 0.693. The van der Waals surface area contributed by atoms with Gasteiger partial charge in [0.25, 0.3) is 10.1 Å². The van der Waals surface area contributed by atoms with Crippen molar-refractivity contribution in [2.45, 2.75) is 195 Å². The number of amides is 1. The fourth-order valence-corrected chi connectivity index (χ4v) is 13.8. The second kappa shape index (κ2) is 49.5. The molecular weight excluding hydrogens is 1790 g/mol. The van der Waals surface area contributed by atoms with E-state index in [9.17, 15) is 43.0 Å². The second-order valence-electron chi connectivity index (χ2n) is 37.3. The van der Waals surface area contributed by atoms with E-state index in [1.807, 2.05) is 135 Å². The van der Waals surface area contributed by atoms with E-state index >= 15 is 0 Å². The first-order chi connectivity index (χ1) is 60.7. The number of rotatable bonds is 26. The lowest BCUT2D eigenvalue weighted by atomic mass is 9.75. The van der Waals surface area contributed by atoms with E-state index in [0.717, 1.165) is 24.4 Å². The third-order valence-corrected chi connectivity index (χ3v) is 22.8. The number of nitrogens with one attached hydrogen (secondary N) is 1. The monoisotopic (exact) mass is 1920 g/mol. The lowest BCUT2D eigenvalue weighted by Crippen LogP contribution is -2.42. The standard InChI is InChI=1S/C20H30BNO7.C20H29BO6.C15H20BNO7.C14H17BrO4.C8H16O5S.C7H14O3.C4H10O3/c1-19(2,3)28-18(23)22-9-16-14-7-6-8-15(17(14)21(24)29-16)25-10-13-11-26-20(4,5)27-12-13;1-18(2)19(3,4)27-21(26-18)17-15(10-22)8-7-9-16(17)23-11-14-12-24-20(5,6)25-13-14;1-15(2)22-8-10(9-23-15)7-21-12-5-3-4-11-13(6-17(19)20)24-16(18)14(11)12;1-14(2)18-8-10(9-19-14)7-17-12-5-3-4-11(6-16)13(12)15;1-8(2)11-4-7(5-12-8)6-13-14(3,9)10;1-7(2)9-4-6(3-8)5-10-7;5-1-4(2-6)3-7/h6-8,13,16,24H,9-12H2,1-5H3,(H,22,23);7-10,14H,11-13H2,1-6H3;3-5,10,13,18H,6-9H2,1-2H3;3-6,10H,7-9H2,1-2H3;7H,4-6H2,1-3H3;6,8H,3-5H2,1-2H3;4-7H,1-3H2. The second-order valence-corrected chi connectivity index (χ2v) is 39.7. The van der Waals surface area contributed by atoms with Crippen LogP contribution in [-0.4, -0.2) is 293 Å². The van der Waals surface area contributed by atoms with Crippen molar-refractivity contribution in [2.24, 2.45) is 41.4 Å². The van der Waals surface area contributed by atoms with Crippen LogP contribution in [0.4, 0.5) is 4.79 Å². The third kappa shape index (κ3) is 36.5. The number of benzene rings is 4. The summed E-state index contributed by atoms with van der Waals surface area (Å²) in [5, 5.41) is 67.2. The van der Waals surface area contributed by atoms with Gasteiger partial charge in [-0.25, -0.2) is 4.79 Å². The van der Waals surface area contributed by atoms with Gasteiger partial charge in [0.05, 0.1) is 167 Å². The van der Waals surface area contributed by atoms with Crippen LogP contribution in [0.25, 0.3) is 0 Å². The predicted molar refractivity (Wildman–Crippen MR) is 480 cm³/mol. The highest BCUT2D eigenvalue weighted by atomic mass is 79.9. The van der Waals surface area contributed by atoms with Gasteiger partial charge in [0.2, 0.25) is 6.54 Å². The van der Waals surface area contributed by atoms with E-state index in [4.69, 9.17) is 120 Å². The van der Waals surface area contributed by atoms with Crippen molar-refractivity contribution in [3.05, 3.63) is 110 Å². The van der Waals surface area contributed by atoms with Crippen LogP contribution in [0.3, 0.4) is 0 Å². The summed E-state index contributed by atoms with van der Waals surface area (Å²) in [5.41, 5.74) is 2.55. The molecule has 0 saturated carbocycles. The smallest absolute Gasteiger partial charge is 0.493 e. The maximum Gasteiger partial charge on any atom is 0.499 e. The van der Waals surface area contributed by atoms with Crippen LogP contribution in [0.2, 0.25) is 0 Å². The summed E-state index contributed by atoms with van der Waals surface area (Å²) in [6.07, 6.45) is 0.849. The Hall–Kier alpha value is -6.21. The fourth-order valence-electron chi connectivity index (χ4n) is 12.9. The molecule has 2 unspecified atom stereocenters. The number of hydrogen-bond donors (Lipinski definition) is 7. The maximum absolute atomic E-state index is 11.9. The molecule has 4 aromatic rings. The summed E-state index contributed by atoms with van der Waals surface area (Å²) in [5.74, 6) is -0.676. The highest BCUT2D eigenvalue weighted by Gasteiger charge is 2.54. The Morgan fingerprint density at radius 3 is 1.12 bits per heavy atom. The molecule has 130 heavy (non-hydrogen) atoms. The highest BCUT2D eigenvalue weighted by molar-refractivity contribution is 9.10. The van der Waals surface area contributed by atoms with E-state index in [0.29, 0.717) is 166 Å². The molecule has 7 N–H and O–H groups in total. The molecule has 0 aromatic heterocycles. The van der Waals surface area contributed by atoms with Gasteiger partial charge in [0.1, 0.15) is 41.0 Å². The summed E-state index contributed by atoms with van der Waals surface area (Å²) >= 11 is 3.37. The van der Waals surface area contributed by atoms with E-state index in [1.165, 1.54) is 0 Å². The number of fused-ring (bicyclic) bond motifs is 2. The Labute approximate surface area is 772 Å². The van der Waals surface area contributed by atoms with Crippen LogP contribution >= 0.6 is 15.9 Å². The Bertz CT molecular complexity index is 4250. The normalized spacial score (nSPS) is 22.0. The Balaban J connectivity index is 0.000000215. The summed E-state index contributed by atoms with van der Waals surface area (Å²) in [7, 11) is -6.37. The van der Waals surface area contributed by atoms with Gasteiger partial charge in [-0.2, -0.15) is 8.42 Å². The SMILES string of the molecule is CC(C)(C)OC(=O)NCC1OB(O)c2c(OCC3COC(C)(C)OC3)cccc21.CC1(C)OCC(CO)CO1.CC1(C)OCC(COS(C)(=O)=O)CO1.CC1(C)OCC(COc2cccc(C=O)c2B2OC(C)(C)C(C)(C)O2)CO1.CC1(C)OCC(COc2cccc(C=O)c2Br)CO1.CC1(C)OCC(COc2cccc3c2B(O)OC3C[N+](=O)[O-])CO1.OCC(CO)CO. The topological polar surface area (TPSA) is 465 Å². The van der Waals surface area contributed by atoms with Crippen molar-refractivity contribution >= 4 is 82.5 Å². The van der Waals surface area contributed by atoms with Crippen LogP contribution in [0.5, 0.6) is 23.0 Å². The van der Waals surface area contributed by atoms with E-state index in [2.05, 4.69) is 25.4 Å². The highest BCUT2D eigenvalue weighted by Crippen LogP contribution is 2.39. The van der Waals surface area contributed by atoms with Crippen molar-refractivity contribution < 1.29 is 162 Å². The van der Waals surface area contributed by atoms with E-state index in [-0.39, 0.29) is 81.0 Å². The van der Waals surface area contributed by atoms with Gasteiger partial charge in [-0.3, -0.25) is 23.9 Å². The zero-order valence-corrected chi connectivity index (χ0v) is 80.9. The minimum atomic E-state index is -3.36. The van der Waals surface area contributed by atoms with Crippen molar-refractivity contribution in [3.8, 4) is 23.0 Å². The van der Waals surface area contributed by atoms with Gasteiger partial charge in [0, 0.05) is 80.4 Å². The van der Waals surface area contributed by atoms with Crippen LogP contribution in [0.1, 0.15) is 176 Å². The summed E-state index contributed by atoms with van der Waals surface area (Å²) in [4.78, 5) is 44.6. The summed E-state index contributed by atoms with van der Waals surface area (Å²) < 4.78 is 145. The lowest BCUT2D eigenvalue weighted by molar-refractivity contribution is -0.490. The molecule has 0 aliphatic carbocycles. The molecule has 0 spiro atoms. The molecule has 0 radical (unpaired) electrons. The number of nitrogens with zero attached hydrogens (tertiary/aromatic N) is 1. The summed E-state index contributed by atoms with van der Waals surface area (Å²) in [6, 6.07) is 21.4. The number of aliphatic hydroxyl groups is 4. The van der Waals surface area contributed by atoms with Gasteiger partial charge >= 0.3 is 27.4 Å². The molecule has 9 aliphatic heterocycles. The predicted octanol–water partition coefficient (Wildman–Crippen LogP) is 7.18. The zero-order chi connectivity index (χ0) is 96.4. The number of carbonyl (C=O) groups is 3. The van der Waals surface area contributed by atoms with Crippen LogP contribution in [0, 0.1) is 51.5 Å². The molecule has 2 atom stereocenters. The molecule has 0 bridgehead atoms. The lowest BCUT2D eigenvalue weighted by Gasteiger charge is -2.34. The van der Waals surface area contributed by atoms with E-state index < -0.39 is 113 Å². The van der Waals surface area contributed by atoms with Gasteiger partial charge in [0.15, 0.2) is 41.0 Å². The Kier molecular flexibility index (Phi) is 42.2.